The molecule has 0 atom stereocenters. The lowest BCUT2D eigenvalue weighted by molar-refractivity contribution is 0.529. The second-order valence-electron chi connectivity index (χ2n) is 3.12. The van der Waals surface area contributed by atoms with Crippen LogP contribution in [0.3, 0.4) is 0 Å². The molecule has 0 saturated carbocycles. The van der Waals surface area contributed by atoms with Gasteiger partial charge in [-0.3, -0.25) is 4.98 Å². The zero-order chi connectivity index (χ0) is 9.42. The minimum atomic E-state index is 0.309. The van der Waals surface area contributed by atoms with E-state index in [1.807, 2.05) is 4.68 Å². The van der Waals surface area contributed by atoms with Gasteiger partial charge < -0.3 is 0 Å². The predicted molar refractivity (Wildman–Crippen MR) is 53.4 cm³/mol. The smallest absolute Gasteiger partial charge is 0.132 e. The number of halogens is 1. The maximum atomic E-state index is 4.05. The van der Waals surface area contributed by atoms with Crippen molar-refractivity contribution in [3.05, 3.63) is 16.9 Å². The van der Waals surface area contributed by atoms with Crippen molar-refractivity contribution in [2.24, 2.45) is 0 Å². The molecule has 0 aliphatic carbocycles. The molecule has 5 heteroatoms. The molecule has 0 aromatic carbocycles. The Labute approximate surface area is 84.1 Å². The van der Waals surface area contributed by atoms with E-state index >= 15 is 0 Å². The number of hydrogen-bond acceptors (Lipinski definition) is 3. The summed E-state index contributed by atoms with van der Waals surface area (Å²) in [6.45, 7) is 4.14. The van der Waals surface area contributed by atoms with Gasteiger partial charge in [-0.2, -0.15) is 0 Å². The standard InChI is InChI=1S/C8H9BrN4/c1-5(2)13-8-6(9)3-10-4-7(8)11-12-13/h3-5H,1-2H3. The highest BCUT2D eigenvalue weighted by Gasteiger charge is 2.09. The summed E-state index contributed by atoms with van der Waals surface area (Å²) in [6, 6.07) is 0.309. The van der Waals surface area contributed by atoms with Gasteiger partial charge in [-0.25, -0.2) is 4.68 Å². The summed E-state index contributed by atoms with van der Waals surface area (Å²) in [6.07, 6.45) is 3.47. The Hall–Kier alpha value is -0.970. The zero-order valence-corrected chi connectivity index (χ0v) is 8.98. The van der Waals surface area contributed by atoms with Gasteiger partial charge in [0, 0.05) is 12.2 Å². The van der Waals surface area contributed by atoms with Gasteiger partial charge >= 0.3 is 0 Å². The van der Waals surface area contributed by atoms with Gasteiger partial charge in [0.1, 0.15) is 11.0 Å². The van der Waals surface area contributed by atoms with Crippen LogP contribution in [0.4, 0.5) is 0 Å². The molecule has 2 aromatic rings. The van der Waals surface area contributed by atoms with E-state index in [4.69, 9.17) is 0 Å². The molecule has 0 aliphatic rings. The van der Waals surface area contributed by atoms with Crippen LogP contribution in [0.15, 0.2) is 16.9 Å². The molecular formula is C8H9BrN4. The second-order valence-corrected chi connectivity index (χ2v) is 3.97. The van der Waals surface area contributed by atoms with E-state index in [0.717, 1.165) is 15.5 Å². The topological polar surface area (TPSA) is 43.6 Å². The summed E-state index contributed by atoms with van der Waals surface area (Å²) >= 11 is 3.43. The molecule has 4 nitrogen and oxygen atoms in total. The van der Waals surface area contributed by atoms with Crippen LogP contribution in [-0.2, 0) is 0 Å². The summed E-state index contributed by atoms with van der Waals surface area (Å²) in [7, 11) is 0. The quantitative estimate of drug-likeness (QED) is 0.768. The van der Waals surface area contributed by atoms with Crippen molar-refractivity contribution in [3.8, 4) is 0 Å². The SMILES string of the molecule is CC(C)n1nnc2cncc(Br)c21. The summed E-state index contributed by atoms with van der Waals surface area (Å²) in [4.78, 5) is 4.02. The first-order valence-electron chi connectivity index (χ1n) is 4.04. The number of nitrogens with zero attached hydrogens (tertiary/aromatic N) is 4. The fourth-order valence-corrected chi connectivity index (χ4v) is 1.72. The molecule has 2 rings (SSSR count). The fraction of sp³-hybridized carbons (Fsp3) is 0.375. The first kappa shape index (κ1) is 8.62. The Bertz CT molecular complexity index is 435. The lowest BCUT2D eigenvalue weighted by Gasteiger charge is -2.05. The van der Waals surface area contributed by atoms with Gasteiger partial charge in [-0.15, -0.1) is 5.10 Å². The number of fused-ring (bicyclic) bond motifs is 1. The number of aromatic nitrogens is 4. The van der Waals surface area contributed by atoms with E-state index < -0.39 is 0 Å². The zero-order valence-electron chi connectivity index (χ0n) is 7.40. The van der Waals surface area contributed by atoms with Crippen LogP contribution in [0, 0.1) is 0 Å². The summed E-state index contributed by atoms with van der Waals surface area (Å²) in [5, 5.41) is 8.07. The van der Waals surface area contributed by atoms with E-state index in [9.17, 15) is 0 Å². The molecule has 13 heavy (non-hydrogen) atoms. The van der Waals surface area contributed by atoms with Crippen molar-refractivity contribution in [2.75, 3.05) is 0 Å². The monoisotopic (exact) mass is 240 g/mol. The highest BCUT2D eigenvalue weighted by molar-refractivity contribution is 9.10. The maximum absolute atomic E-state index is 4.05. The molecule has 0 spiro atoms. The molecule has 0 unspecified atom stereocenters. The van der Waals surface area contributed by atoms with Gasteiger partial charge in [0.25, 0.3) is 0 Å². The Balaban J connectivity index is 2.79. The molecule has 0 fully saturated rings. The van der Waals surface area contributed by atoms with Crippen LogP contribution in [0.5, 0.6) is 0 Å². The average Bonchev–Trinajstić information content (AvgIpc) is 2.49. The van der Waals surface area contributed by atoms with Gasteiger partial charge in [-0.05, 0) is 29.8 Å². The molecule has 2 heterocycles. The van der Waals surface area contributed by atoms with E-state index in [-0.39, 0.29) is 0 Å². The maximum Gasteiger partial charge on any atom is 0.132 e. The van der Waals surface area contributed by atoms with Gasteiger partial charge in [0.2, 0.25) is 0 Å². The Morgan fingerprint density at radius 1 is 1.38 bits per heavy atom. The number of rotatable bonds is 1. The second kappa shape index (κ2) is 3.06. The Morgan fingerprint density at radius 2 is 2.15 bits per heavy atom. The van der Waals surface area contributed by atoms with Crippen LogP contribution in [0.1, 0.15) is 19.9 Å². The predicted octanol–water partition coefficient (Wildman–Crippen LogP) is 2.17. The molecule has 0 N–H and O–H groups in total. The van der Waals surface area contributed by atoms with Crippen molar-refractivity contribution in [1.82, 2.24) is 20.0 Å². The van der Waals surface area contributed by atoms with Crippen LogP contribution < -0.4 is 0 Å². The lowest BCUT2D eigenvalue weighted by Crippen LogP contribution is -2.02. The largest absolute Gasteiger partial charge is 0.261 e. The third-order valence-electron chi connectivity index (χ3n) is 1.82. The molecule has 0 amide bonds. The Morgan fingerprint density at radius 3 is 2.85 bits per heavy atom. The first-order valence-corrected chi connectivity index (χ1v) is 4.84. The summed E-state index contributed by atoms with van der Waals surface area (Å²) in [5.41, 5.74) is 1.83. The summed E-state index contributed by atoms with van der Waals surface area (Å²) in [5.74, 6) is 0. The first-order chi connectivity index (χ1) is 6.20. The highest BCUT2D eigenvalue weighted by atomic mass is 79.9. The van der Waals surface area contributed by atoms with Crippen LogP contribution in [0.25, 0.3) is 11.0 Å². The van der Waals surface area contributed by atoms with E-state index in [1.54, 1.807) is 12.4 Å². The van der Waals surface area contributed by atoms with Gasteiger partial charge in [-0.1, -0.05) is 5.21 Å². The normalized spacial score (nSPS) is 11.4. The van der Waals surface area contributed by atoms with Crippen LogP contribution in [0.2, 0.25) is 0 Å². The molecule has 0 bridgehead atoms. The van der Waals surface area contributed by atoms with Crippen molar-refractivity contribution in [3.63, 3.8) is 0 Å². The van der Waals surface area contributed by atoms with E-state index in [1.165, 1.54) is 0 Å². The molecule has 68 valence electrons. The molecule has 0 aliphatic heterocycles. The highest BCUT2D eigenvalue weighted by Crippen LogP contribution is 2.22. The number of hydrogen-bond donors (Lipinski definition) is 0. The fourth-order valence-electron chi connectivity index (χ4n) is 1.22. The average molecular weight is 241 g/mol. The third kappa shape index (κ3) is 1.33. The summed E-state index contributed by atoms with van der Waals surface area (Å²) < 4.78 is 2.81. The minimum absolute atomic E-state index is 0.309. The lowest BCUT2D eigenvalue weighted by atomic mass is 10.3. The van der Waals surface area contributed by atoms with E-state index in [0.29, 0.717) is 6.04 Å². The van der Waals surface area contributed by atoms with Crippen molar-refractivity contribution in [2.45, 2.75) is 19.9 Å². The van der Waals surface area contributed by atoms with Crippen molar-refractivity contribution in [1.29, 1.82) is 0 Å². The van der Waals surface area contributed by atoms with Crippen LogP contribution in [-0.4, -0.2) is 20.0 Å². The number of pyridine rings is 1. The molecule has 2 aromatic heterocycles. The van der Waals surface area contributed by atoms with E-state index in [2.05, 4.69) is 45.1 Å². The van der Waals surface area contributed by atoms with Gasteiger partial charge in [0.05, 0.1) is 10.7 Å². The van der Waals surface area contributed by atoms with Crippen molar-refractivity contribution < 1.29 is 0 Å². The minimum Gasteiger partial charge on any atom is -0.261 e. The van der Waals surface area contributed by atoms with Gasteiger partial charge in [0.15, 0.2) is 0 Å². The third-order valence-corrected chi connectivity index (χ3v) is 2.40. The Kier molecular flexibility index (Phi) is 2.03. The molecular weight excluding hydrogens is 232 g/mol. The molecule has 0 saturated heterocycles. The molecule has 0 radical (unpaired) electrons. The van der Waals surface area contributed by atoms with Crippen molar-refractivity contribution >= 4 is 27.0 Å². The van der Waals surface area contributed by atoms with Crippen LogP contribution >= 0.6 is 15.9 Å².